The summed E-state index contributed by atoms with van der Waals surface area (Å²) in [6.45, 7) is 0. The van der Waals surface area contributed by atoms with E-state index >= 15 is 0 Å². The van der Waals surface area contributed by atoms with Crippen LogP contribution in [0.2, 0.25) is 0 Å². The van der Waals surface area contributed by atoms with Crippen LogP contribution in [0.25, 0.3) is 0 Å². The molecule has 1 aromatic heterocycles. The van der Waals surface area contributed by atoms with E-state index in [2.05, 4.69) is 14.0 Å². The summed E-state index contributed by atoms with van der Waals surface area (Å²) in [6.07, 6.45) is -0.390. The average molecular weight is 442 g/mol. The van der Waals surface area contributed by atoms with Gasteiger partial charge in [-0.3, -0.25) is 28.0 Å². The lowest BCUT2D eigenvalue weighted by atomic mass is 10.0. The zero-order valence-electron chi connectivity index (χ0n) is 15.6. The average Bonchev–Trinajstić information content (AvgIpc) is 2.96. The van der Waals surface area contributed by atoms with E-state index in [9.17, 15) is 28.5 Å². The largest absolute Gasteiger partial charge is 0.472 e. The number of methoxy groups -OCH3 is 1. The lowest BCUT2D eigenvalue weighted by molar-refractivity contribution is -0.0256. The minimum absolute atomic E-state index is 0.172. The predicted molar refractivity (Wildman–Crippen MR) is 97.3 cm³/mol. The smallest absolute Gasteiger partial charge is 0.378 e. The van der Waals surface area contributed by atoms with Crippen LogP contribution in [-0.4, -0.2) is 59.0 Å². The normalized spacial score (nSPS) is 29.3. The molecule has 160 valence electrons. The highest BCUT2D eigenvalue weighted by molar-refractivity contribution is 7.52. The van der Waals surface area contributed by atoms with Gasteiger partial charge in [0.25, 0.3) is 5.56 Å². The first-order chi connectivity index (χ1) is 13.0. The molecule has 0 amide bonds. The van der Waals surface area contributed by atoms with Gasteiger partial charge in [0.2, 0.25) is 0 Å². The van der Waals surface area contributed by atoms with Crippen molar-refractivity contribution < 1.29 is 37.2 Å². The zero-order valence-corrected chi connectivity index (χ0v) is 17.4. The monoisotopic (exact) mass is 442 g/mol. The van der Waals surface area contributed by atoms with Crippen LogP contribution in [0.15, 0.2) is 21.9 Å². The highest BCUT2D eigenvalue weighted by atomic mass is 31.2. The Morgan fingerprint density at radius 1 is 1.18 bits per heavy atom. The zero-order chi connectivity index (χ0) is 21.1. The molecule has 0 radical (unpaired) electrons. The SMILES string of the molecule is CO[C@@H]1[C@@H](CCP(=O)(O)OC)CC(n2ccc(=O)[nH]c2=O)[C@@H]1OP(=O)(O)OC. The number of H-pyrrole nitrogens is 1. The Morgan fingerprint density at radius 3 is 2.39 bits per heavy atom. The van der Waals surface area contributed by atoms with Crippen molar-refractivity contribution >= 4 is 15.4 Å². The molecule has 2 rings (SSSR count). The maximum Gasteiger partial charge on any atom is 0.472 e. The van der Waals surface area contributed by atoms with Gasteiger partial charge in [0.1, 0.15) is 6.10 Å². The van der Waals surface area contributed by atoms with Crippen LogP contribution in [0.3, 0.4) is 0 Å². The molecular formula is C14H24N2O10P2. The molecule has 1 aliphatic carbocycles. The number of nitrogens with one attached hydrogen (secondary N) is 1. The van der Waals surface area contributed by atoms with Crippen molar-refractivity contribution in [2.45, 2.75) is 31.1 Å². The maximum atomic E-state index is 12.2. The summed E-state index contributed by atoms with van der Waals surface area (Å²) in [5.74, 6) is -0.397. The van der Waals surface area contributed by atoms with E-state index in [0.717, 1.165) is 20.3 Å². The summed E-state index contributed by atoms with van der Waals surface area (Å²) >= 11 is 0. The van der Waals surface area contributed by atoms with Crippen LogP contribution in [-0.2, 0) is 27.4 Å². The lowest BCUT2D eigenvalue weighted by Gasteiger charge is -2.27. The van der Waals surface area contributed by atoms with Crippen LogP contribution in [0.4, 0.5) is 0 Å². The molecule has 1 saturated carbocycles. The van der Waals surface area contributed by atoms with Gasteiger partial charge in [-0.1, -0.05) is 0 Å². The second-order valence-electron chi connectivity index (χ2n) is 6.33. The Bertz CT molecular complexity index is 883. The standard InChI is InChI=1S/C14H24N2O10P2/c1-23-12-9(5-7-27(19,20)24-2)8-10(13(12)26-28(21,22)25-3)16-6-4-11(17)15-14(16)18/h4,6,9-10,12-13H,5,7-8H2,1-3H3,(H,19,20)(H,21,22)(H,15,17,18)/t9-,10?,12+,13-/m0/s1. The van der Waals surface area contributed by atoms with Crippen molar-refractivity contribution in [3.8, 4) is 0 Å². The molecule has 28 heavy (non-hydrogen) atoms. The van der Waals surface area contributed by atoms with E-state index < -0.39 is 50.8 Å². The molecule has 0 aliphatic heterocycles. The van der Waals surface area contributed by atoms with Gasteiger partial charge < -0.3 is 19.0 Å². The summed E-state index contributed by atoms with van der Waals surface area (Å²) in [7, 11) is -4.74. The van der Waals surface area contributed by atoms with Gasteiger partial charge >= 0.3 is 21.1 Å². The summed E-state index contributed by atoms with van der Waals surface area (Å²) in [5.41, 5.74) is -1.32. The van der Waals surface area contributed by atoms with Gasteiger partial charge in [-0.05, 0) is 18.8 Å². The van der Waals surface area contributed by atoms with E-state index in [0.29, 0.717) is 0 Å². The van der Waals surface area contributed by atoms with E-state index in [4.69, 9.17) is 9.26 Å². The molecule has 0 aromatic carbocycles. The Morgan fingerprint density at radius 2 is 1.86 bits per heavy atom. The Balaban J connectivity index is 2.39. The number of hydrogen-bond donors (Lipinski definition) is 3. The number of phosphoric ester groups is 1. The van der Waals surface area contributed by atoms with Crippen molar-refractivity contribution in [1.82, 2.24) is 9.55 Å². The molecule has 1 aromatic rings. The van der Waals surface area contributed by atoms with Crippen LogP contribution >= 0.6 is 15.4 Å². The first kappa shape index (κ1) is 23.2. The number of aromatic amines is 1. The fourth-order valence-corrected chi connectivity index (χ4v) is 4.88. The van der Waals surface area contributed by atoms with Crippen molar-refractivity contribution in [1.29, 1.82) is 0 Å². The second kappa shape index (κ2) is 9.15. The third kappa shape index (κ3) is 5.49. The van der Waals surface area contributed by atoms with Crippen molar-refractivity contribution in [3.05, 3.63) is 33.1 Å². The number of aromatic nitrogens is 2. The van der Waals surface area contributed by atoms with Gasteiger partial charge in [0.05, 0.1) is 18.3 Å². The summed E-state index contributed by atoms with van der Waals surface area (Å²) in [5, 5.41) is 0. The fraction of sp³-hybridized carbons (Fsp3) is 0.714. The summed E-state index contributed by atoms with van der Waals surface area (Å²) in [6, 6.07) is 0.352. The summed E-state index contributed by atoms with van der Waals surface area (Å²) < 4.78 is 44.7. The third-order valence-corrected chi connectivity index (χ3v) is 7.11. The molecule has 3 N–H and O–H groups in total. The molecule has 0 spiro atoms. The topological polar surface area (TPSA) is 166 Å². The molecule has 0 saturated heterocycles. The minimum atomic E-state index is -4.44. The van der Waals surface area contributed by atoms with Gasteiger partial charge in [-0.25, -0.2) is 9.36 Å². The quantitative estimate of drug-likeness (QED) is 0.457. The van der Waals surface area contributed by atoms with E-state index in [-0.39, 0.29) is 19.0 Å². The number of hydrogen-bond acceptors (Lipinski definition) is 8. The molecule has 1 heterocycles. The van der Waals surface area contributed by atoms with Gasteiger partial charge in [0, 0.05) is 33.6 Å². The van der Waals surface area contributed by atoms with Gasteiger partial charge in [0.15, 0.2) is 0 Å². The van der Waals surface area contributed by atoms with Gasteiger partial charge in [-0.15, -0.1) is 0 Å². The predicted octanol–water partition coefficient (Wildman–Crippen LogP) is 0.466. The van der Waals surface area contributed by atoms with Crippen LogP contribution in [0, 0.1) is 5.92 Å². The molecule has 6 atom stereocenters. The van der Waals surface area contributed by atoms with Crippen LogP contribution in [0.5, 0.6) is 0 Å². The highest BCUT2D eigenvalue weighted by Gasteiger charge is 2.49. The third-order valence-electron chi connectivity index (χ3n) is 4.75. The molecule has 14 heteroatoms. The first-order valence-electron chi connectivity index (χ1n) is 8.32. The maximum absolute atomic E-state index is 12.2. The first-order valence-corrected chi connectivity index (χ1v) is 11.6. The fourth-order valence-electron chi connectivity index (χ4n) is 3.38. The van der Waals surface area contributed by atoms with E-state index in [1.807, 2.05) is 0 Å². The number of phosphoric acid groups is 1. The van der Waals surface area contributed by atoms with Crippen LogP contribution in [0.1, 0.15) is 18.9 Å². The number of rotatable bonds is 9. The number of nitrogens with zero attached hydrogens (tertiary/aromatic N) is 1. The summed E-state index contributed by atoms with van der Waals surface area (Å²) in [4.78, 5) is 45.1. The van der Waals surface area contributed by atoms with E-state index in [1.165, 1.54) is 17.9 Å². The van der Waals surface area contributed by atoms with E-state index in [1.54, 1.807) is 0 Å². The van der Waals surface area contributed by atoms with Gasteiger partial charge in [-0.2, -0.15) is 0 Å². The lowest BCUT2D eigenvalue weighted by Crippen LogP contribution is -2.38. The van der Waals surface area contributed by atoms with Crippen molar-refractivity contribution in [3.63, 3.8) is 0 Å². The molecule has 0 bridgehead atoms. The van der Waals surface area contributed by atoms with Crippen LogP contribution < -0.4 is 11.2 Å². The molecule has 12 nitrogen and oxygen atoms in total. The Hall–Kier alpha value is -1.10. The second-order valence-corrected chi connectivity index (χ2v) is 9.93. The molecule has 1 aliphatic rings. The van der Waals surface area contributed by atoms with Crippen molar-refractivity contribution in [2.24, 2.45) is 5.92 Å². The van der Waals surface area contributed by atoms with Crippen molar-refractivity contribution in [2.75, 3.05) is 27.5 Å². The highest BCUT2D eigenvalue weighted by Crippen LogP contribution is 2.52. The Labute approximate surface area is 160 Å². The Kier molecular flexibility index (Phi) is 7.57. The minimum Gasteiger partial charge on any atom is -0.378 e. The molecule has 3 unspecified atom stereocenters. The molecule has 1 fully saturated rings. The number of ether oxygens (including phenoxy) is 1. The molecular weight excluding hydrogens is 418 g/mol.